The van der Waals surface area contributed by atoms with Crippen molar-refractivity contribution >= 4 is 35.4 Å². The molecule has 0 amide bonds. The largest absolute Gasteiger partial charge is 0.495 e. The van der Waals surface area contributed by atoms with Crippen LogP contribution in [0.2, 0.25) is 0 Å². The monoisotopic (exact) mass is 418 g/mol. The number of halogens is 1. The van der Waals surface area contributed by atoms with Gasteiger partial charge >= 0.3 is 0 Å². The fourth-order valence-electron chi connectivity index (χ4n) is 2.71. The van der Waals surface area contributed by atoms with Gasteiger partial charge in [0.05, 0.1) is 12.8 Å². The van der Waals surface area contributed by atoms with Crippen molar-refractivity contribution in [1.29, 1.82) is 0 Å². The van der Waals surface area contributed by atoms with Gasteiger partial charge in [-0.25, -0.2) is 0 Å². The Bertz CT molecular complexity index is 492. The third kappa shape index (κ3) is 4.78. The number of rotatable bonds is 8. The second-order valence-electron chi connectivity index (χ2n) is 5.42. The number of methoxy groups -OCH3 is 1. The Kier molecular flexibility index (Phi) is 8.63. The summed E-state index contributed by atoms with van der Waals surface area (Å²) in [5.41, 5.74) is 3.56. The normalized spacial score (nSPS) is 13.0. The van der Waals surface area contributed by atoms with Crippen molar-refractivity contribution < 1.29 is 9.84 Å². The van der Waals surface area contributed by atoms with Crippen LogP contribution in [0.15, 0.2) is 24.3 Å². The van der Waals surface area contributed by atoms with Crippen LogP contribution in [0, 0.1) is 0 Å². The van der Waals surface area contributed by atoms with Crippen LogP contribution < -0.4 is 15.0 Å². The van der Waals surface area contributed by atoms with Gasteiger partial charge in [0, 0.05) is 38.0 Å². The number of hydrogen-bond acceptors (Lipinski definition) is 4. The Morgan fingerprint density at radius 3 is 2.73 bits per heavy atom. The summed E-state index contributed by atoms with van der Waals surface area (Å²) in [6, 6.07) is 6.18. The lowest BCUT2D eigenvalue weighted by atomic mass is 10.0. The molecule has 124 valence electrons. The molecule has 1 aromatic rings. The molecule has 1 heterocycles. The molecule has 2 N–H and O–H groups in total. The maximum Gasteiger partial charge on any atom is 0.142 e. The lowest BCUT2D eigenvalue weighted by Crippen LogP contribution is -2.26. The average Bonchev–Trinajstić information content (AvgIpc) is 2.52. The van der Waals surface area contributed by atoms with Crippen LogP contribution in [0.1, 0.15) is 31.2 Å². The molecule has 0 saturated heterocycles. The van der Waals surface area contributed by atoms with E-state index in [1.54, 1.807) is 7.11 Å². The fourth-order valence-corrected chi connectivity index (χ4v) is 2.71. The highest BCUT2D eigenvalue weighted by atomic mass is 127. The first-order chi connectivity index (χ1) is 10.3. The van der Waals surface area contributed by atoms with Crippen LogP contribution in [0.5, 0.6) is 5.75 Å². The maximum atomic E-state index is 8.77. The first kappa shape index (κ1) is 19.1. The van der Waals surface area contributed by atoms with Crippen molar-refractivity contribution in [3.63, 3.8) is 0 Å². The zero-order chi connectivity index (χ0) is 15.1. The zero-order valence-corrected chi connectivity index (χ0v) is 15.8. The summed E-state index contributed by atoms with van der Waals surface area (Å²) in [6.45, 7) is 2.16. The SMILES string of the molecule is COc1cccc2c1N(C)CC=C2NCCCCCCO.I. The molecule has 2 rings (SSSR count). The molecule has 0 unspecified atom stereocenters. The summed E-state index contributed by atoms with van der Waals surface area (Å²) in [5, 5.41) is 12.3. The van der Waals surface area contributed by atoms with Gasteiger partial charge in [-0.05, 0) is 25.0 Å². The van der Waals surface area contributed by atoms with E-state index in [1.165, 1.54) is 11.3 Å². The first-order valence-corrected chi connectivity index (χ1v) is 7.71. The molecule has 0 aliphatic carbocycles. The molecule has 1 aliphatic rings. The van der Waals surface area contributed by atoms with Crippen LogP contribution >= 0.6 is 24.0 Å². The van der Waals surface area contributed by atoms with E-state index in [9.17, 15) is 0 Å². The summed E-state index contributed by atoms with van der Waals surface area (Å²) >= 11 is 0. The summed E-state index contributed by atoms with van der Waals surface area (Å²) in [4.78, 5) is 2.21. The molecule has 0 aromatic heterocycles. The van der Waals surface area contributed by atoms with E-state index in [0.717, 1.165) is 50.2 Å². The predicted molar refractivity (Wildman–Crippen MR) is 103 cm³/mol. The second kappa shape index (κ2) is 9.94. The van der Waals surface area contributed by atoms with E-state index in [0.29, 0.717) is 6.61 Å². The molecule has 0 spiro atoms. The third-order valence-corrected chi connectivity index (χ3v) is 3.86. The minimum absolute atomic E-state index is 0. The van der Waals surface area contributed by atoms with Crippen LogP contribution in [0.3, 0.4) is 0 Å². The number of para-hydroxylation sites is 1. The van der Waals surface area contributed by atoms with Gasteiger partial charge in [0.1, 0.15) is 5.75 Å². The van der Waals surface area contributed by atoms with Gasteiger partial charge < -0.3 is 20.1 Å². The Morgan fingerprint density at radius 2 is 2.00 bits per heavy atom. The highest BCUT2D eigenvalue weighted by Gasteiger charge is 2.19. The number of aliphatic hydroxyl groups is 1. The van der Waals surface area contributed by atoms with E-state index in [1.807, 2.05) is 12.1 Å². The summed E-state index contributed by atoms with van der Waals surface area (Å²) in [7, 11) is 3.81. The van der Waals surface area contributed by atoms with Crippen molar-refractivity contribution in [3.8, 4) is 5.75 Å². The number of nitrogens with one attached hydrogen (secondary N) is 1. The van der Waals surface area contributed by atoms with Crippen molar-refractivity contribution in [2.45, 2.75) is 25.7 Å². The van der Waals surface area contributed by atoms with Crippen LogP contribution in [-0.4, -0.2) is 39.0 Å². The van der Waals surface area contributed by atoms with Crippen molar-refractivity contribution in [2.24, 2.45) is 0 Å². The zero-order valence-electron chi connectivity index (χ0n) is 13.5. The molecule has 4 nitrogen and oxygen atoms in total. The van der Waals surface area contributed by atoms with Gasteiger partial charge in [0.15, 0.2) is 0 Å². The number of anilines is 1. The number of likely N-dealkylation sites (N-methyl/N-ethyl adjacent to an activating group) is 1. The number of nitrogens with zero attached hydrogens (tertiary/aromatic N) is 1. The Hall–Kier alpha value is -0.950. The summed E-state index contributed by atoms with van der Waals surface area (Å²) in [6.07, 6.45) is 6.53. The smallest absolute Gasteiger partial charge is 0.142 e. The standard InChI is InChI=1S/C17H26N2O2.HI/c1-19-12-10-15(18-11-5-3-4-6-13-20)14-8-7-9-16(21-2)17(14)19;/h7-10,18,20H,3-6,11-13H2,1-2H3;1H. The predicted octanol–water partition coefficient (Wildman–Crippen LogP) is 3.25. The molecule has 5 heteroatoms. The lowest BCUT2D eigenvalue weighted by molar-refractivity contribution is 0.282. The van der Waals surface area contributed by atoms with Gasteiger partial charge in [0.2, 0.25) is 0 Å². The molecule has 0 radical (unpaired) electrons. The summed E-state index contributed by atoms with van der Waals surface area (Å²) in [5.74, 6) is 0.922. The molecule has 1 aromatic carbocycles. The Morgan fingerprint density at radius 1 is 1.23 bits per heavy atom. The summed E-state index contributed by atoms with van der Waals surface area (Å²) < 4.78 is 5.48. The minimum Gasteiger partial charge on any atom is -0.495 e. The van der Waals surface area contributed by atoms with E-state index in [4.69, 9.17) is 9.84 Å². The van der Waals surface area contributed by atoms with Gasteiger partial charge in [0.25, 0.3) is 0 Å². The molecule has 1 aliphatic heterocycles. The van der Waals surface area contributed by atoms with Gasteiger partial charge in [-0.15, -0.1) is 24.0 Å². The van der Waals surface area contributed by atoms with Gasteiger partial charge in [-0.1, -0.05) is 25.0 Å². The molecule has 0 atom stereocenters. The quantitative estimate of drug-likeness (QED) is 0.503. The van der Waals surface area contributed by atoms with E-state index >= 15 is 0 Å². The number of aliphatic hydroxyl groups excluding tert-OH is 1. The molecular formula is C17H27IN2O2. The average molecular weight is 418 g/mol. The van der Waals surface area contributed by atoms with Crippen LogP contribution in [-0.2, 0) is 0 Å². The Balaban J connectivity index is 0.00000242. The van der Waals surface area contributed by atoms with E-state index in [-0.39, 0.29) is 24.0 Å². The fraction of sp³-hybridized carbons (Fsp3) is 0.529. The van der Waals surface area contributed by atoms with Crippen molar-refractivity contribution in [1.82, 2.24) is 5.32 Å². The van der Waals surface area contributed by atoms with Crippen molar-refractivity contribution in [2.75, 3.05) is 38.8 Å². The number of benzene rings is 1. The number of fused-ring (bicyclic) bond motifs is 1. The molecular weight excluding hydrogens is 391 g/mol. The second-order valence-corrected chi connectivity index (χ2v) is 5.42. The highest BCUT2D eigenvalue weighted by Crippen LogP contribution is 2.37. The maximum absolute atomic E-state index is 8.77. The minimum atomic E-state index is 0. The molecule has 0 bridgehead atoms. The highest BCUT2D eigenvalue weighted by molar-refractivity contribution is 14.0. The Labute approximate surface area is 150 Å². The first-order valence-electron chi connectivity index (χ1n) is 7.71. The van der Waals surface area contributed by atoms with Crippen LogP contribution in [0.25, 0.3) is 5.70 Å². The van der Waals surface area contributed by atoms with E-state index in [2.05, 4.69) is 29.4 Å². The number of ether oxygens (including phenoxy) is 1. The molecule has 0 fully saturated rings. The topological polar surface area (TPSA) is 44.7 Å². The van der Waals surface area contributed by atoms with Gasteiger partial charge in [-0.2, -0.15) is 0 Å². The van der Waals surface area contributed by atoms with Crippen molar-refractivity contribution in [3.05, 3.63) is 29.8 Å². The lowest BCUT2D eigenvalue weighted by Gasteiger charge is -2.29. The number of unbranched alkanes of at least 4 members (excludes halogenated alkanes) is 3. The van der Waals surface area contributed by atoms with E-state index < -0.39 is 0 Å². The number of hydrogen-bond donors (Lipinski definition) is 2. The molecule has 0 saturated carbocycles. The third-order valence-electron chi connectivity index (χ3n) is 3.86. The molecule has 22 heavy (non-hydrogen) atoms. The van der Waals surface area contributed by atoms with Gasteiger partial charge in [-0.3, -0.25) is 0 Å². The van der Waals surface area contributed by atoms with Crippen LogP contribution in [0.4, 0.5) is 5.69 Å².